The zero-order valence-corrected chi connectivity index (χ0v) is 16.8. The highest BCUT2D eigenvalue weighted by atomic mass is 79.9. The minimum Gasteiger partial charge on any atom is -0.465 e. The number of hydrogen-bond donors (Lipinski definition) is 0. The second-order valence-electron chi connectivity index (χ2n) is 5.69. The number of ether oxygens (including phenoxy) is 2. The Kier molecular flexibility index (Phi) is 5.06. The fourth-order valence-electron chi connectivity index (χ4n) is 3.33. The molecule has 134 valence electrons. The highest BCUT2D eigenvalue weighted by Gasteiger charge is 2.55. The minimum atomic E-state index is -1.49. The molecule has 0 fully saturated rings. The van der Waals surface area contributed by atoms with Crippen LogP contribution in [0.15, 0.2) is 16.6 Å². The molecule has 1 aromatic carbocycles. The Hall–Kier alpha value is -1.24. The Morgan fingerprint density at radius 3 is 2.36 bits per heavy atom. The maximum absolute atomic E-state index is 12.8. The van der Waals surface area contributed by atoms with Gasteiger partial charge in [0.25, 0.3) is 0 Å². The van der Waals surface area contributed by atoms with Crippen molar-refractivity contribution in [2.45, 2.75) is 32.2 Å². The first kappa shape index (κ1) is 18.5. The van der Waals surface area contributed by atoms with E-state index < -0.39 is 17.4 Å². The highest BCUT2D eigenvalue weighted by Crippen LogP contribution is 2.46. The Balaban J connectivity index is 2.29. The number of esters is 2. The van der Waals surface area contributed by atoms with E-state index in [1.807, 2.05) is 4.57 Å². The molecule has 2 heterocycles. The van der Waals surface area contributed by atoms with E-state index in [-0.39, 0.29) is 19.6 Å². The van der Waals surface area contributed by atoms with Crippen LogP contribution in [0.1, 0.15) is 26.0 Å². The molecule has 3 rings (SSSR count). The van der Waals surface area contributed by atoms with Gasteiger partial charge in [0.15, 0.2) is 0 Å². The standard InChI is InChI=1S/C17H16BrCl2NO4/c1-3-24-15(22)17(16(23)25-4-2)5-6-21-12(17)7-9-10(18)8-11(19)13(20)14(9)21/h7-8H,3-6H2,1-2H3. The van der Waals surface area contributed by atoms with E-state index in [1.54, 1.807) is 26.0 Å². The van der Waals surface area contributed by atoms with Gasteiger partial charge in [0.05, 0.1) is 28.8 Å². The molecule has 0 saturated carbocycles. The van der Waals surface area contributed by atoms with Crippen molar-refractivity contribution in [1.29, 1.82) is 0 Å². The molecule has 1 aliphatic rings. The van der Waals surface area contributed by atoms with E-state index in [1.165, 1.54) is 0 Å². The maximum Gasteiger partial charge on any atom is 0.329 e. The molecule has 1 aromatic heterocycles. The van der Waals surface area contributed by atoms with Crippen LogP contribution < -0.4 is 0 Å². The van der Waals surface area contributed by atoms with Crippen LogP contribution in [0, 0.1) is 0 Å². The number of benzene rings is 1. The molecule has 1 aliphatic heterocycles. The third-order valence-electron chi connectivity index (χ3n) is 4.42. The molecule has 0 atom stereocenters. The van der Waals surface area contributed by atoms with Crippen LogP contribution in [-0.4, -0.2) is 29.7 Å². The van der Waals surface area contributed by atoms with Gasteiger partial charge in [-0.05, 0) is 32.4 Å². The van der Waals surface area contributed by atoms with Gasteiger partial charge >= 0.3 is 11.9 Å². The van der Waals surface area contributed by atoms with E-state index in [2.05, 4.69) is 15.9 Å². The average molecular weight is 449 g/mol. The van der Waals surface area contributed by atoms with Crippen molar-refractivity contribution in [1.82, 2.24) is 4.57 Å². The molecule has 0 N–H and O–H groups in total. The second-order valence-corrected chi connectivity index (χ2v) is 7.33. The normalized spacial score (nSPS) is 15.2. The lowest BCUT2D eigenvalue weighted by molar-refractivity contribution is -0.164. The fraction of sp³-hybridized carbons (Fsp3) is 0.412. The number of carbonyl (C=O) groups is 2. The third-order valence-corrected chi connectivity index (χ3v) is 5.85. The largest absolute Gasteiger partial charge is 0.465 e. The number of rotatable bonds is 4. The van der Waals surface area contributed by atoms with E-state index in [9.17, 15) is 9.59 Å². The van der Waals surface area contributed by atoms with Gasteiger partial charge in [-0.3, -0.25) is 9.59 Å². The van der Waals surface area contributed by atoms with Crippen molar-refractivity contribution in [3.63, 3.8) is 0 Å². The number of aryl methyl sites for hydroxylation is 1. The molecule has 2 aromatic rings. The smallest absolute Gasteiger partial charge is 0.329 e. The Morgan fingerprint density at radius 1 is 1.20 bits per heavy atom. The van der Waals surface area contributed by atoms with Crippen LogP contribution in [-0.2, 0) is 31.0 Å². The van der Waals surface area contributed by atoms with Crippen molar-refractivity contribution >= 4 is 62.0 Å². The summed E-state index contributed by atoms with van der Waals surface area (Å²) >= 11 is 16.0. The van der Waals surface area contributed by atoms with Crippen molar-refractivity contribution in [3.8, 4) is 0 Å². The van der Waals surface area contributed by atoms with Gasteiger partial charge in [-0.15, -0.1) is 0 Å². The van der Waals surface area contributed by atoms with Gasteiger partial charge in [0.1, 0.15) is 0 Å². The SMILES string of the molecule is CCOC(=O)C1(C(=O)OCC)CCn2c1cc1c(Br)cc(Cl)c(Cl)c12. The molecule has 5 nitrogen and oxygen atoms in total. The molecule has 0 unspecified atom stereocenters. The number of fused-ring (bicyclic) bond motifs is 3. The summed E-state index contributed by atoms with van der Waals surface area (Å²) < 4.78 is 13.0. The molecule has 0 radical (unpaired) electrons. The number of hydrogen-bond acceptors (Lipinski definition) is 4. The van der Waals surface area contributed by atoms with Crippen molar-refractivity contribution in [3.05, 3.63) is 32.3 Å². The van der Waals surface area contributed by atoms with Crippen LogP contribution in [0.4, 0.5) is 0 Å². The second kappa shape index (κ2) is 6.82. The monoisotopic (exact) mass is 447 g/mol. The number of halogens is 3. The Labute approximate surface area is 163 Å². The average Bonchev–Trinajstić information content (AvgIpc) is 3.11. The predicted molar refractivity (Wildman–Crippen MR) is 99.2 cm³/mol. The van der Waals surface area contributed by atoms with E-state index in [4.69, 9.17) is 32.7 Å². The highest BCUT2D eigenvalue weighted by molar-refractivity contribution is 9.10. The van der Waals surface area contributed by atoms with E-state index in [0.717, 1.165) is 9.86 Å². The number of aromatic nitrogens is 1. The molecular weight excluding hydrogens is 433 g/mol. The molecular formula is C17H16BrCl2NO4. The zero-order valence-electron chi connectivity index (χ0n) is 13.7. The molecule has 0 bridgehead atoms. The summed E-state index contributed by atoms with van der Waals surface area (Å²) in [5.41, 5.74) is -0.281. The summed E-state index contributed by atoms with van der Waals surface area (Å²) in [4.78, 5) is 25.5. The summed E-state index contributed by atoms with van der Waals surface area (Å²) in [5, 5.41) is 1.56. The van der Waals surface area contributed by atoms with Crippen LogP contribution in [0.25, 0.3) is 10.9 Å². The first-order chi connectivity index (χ1) is 11.9. The predicted octanol–water partition coefficient (Wildman–Crippen LogP) is 4.48. The summed E-state index contributed by atoms with van der Waals surface area (Å²) in [6.45, 7) is 4.19. The zero-order chi connectivity index (χ0) is 18.4. The lowest BCUT2D eigenvalue weighted by Gasteiger charge is -2.23. The lowest BCUT2D eigenvalue weighted by Crippen LogP contribution is -2.44. The quantitative estimate of drug-likeness (QED) is 0.393. The van der Waals surface area contributed by atoms with Gasteiger partial charge in [-0.2, -0.15) is 0 Å². The van der Waals surface area contributed by atoms with Gasteiger partial charge in [-0.1, -0.05) is 39.1 Å². The van der Waals surface area contributed by atoms with Gasteiger partial charge < -0.3 is 14.0 Å². The van der Waals surface area contributed by atoms with Crippen LogP contribution in [0.3, 0.4) is 0 Å². The van der Waals surface area contributed by atoms with Crippen LogP contribution in [0.2, 0.25) is 10.0 Å². The lowest BCUT2D eigenvalue weighted by atomic mass is 9.83. The van der Waals surface area contributed by atoms with Crippen molar-refractivity contribution in [2.75, 3.05) is 13.2 Å². The van der Waals surface area contributed by atoms with Crippen molar-refractivity contribution in [2.24, 2.45) is 0 Å². The van der Waals surface area contributed by atoms with Crippen LogP contribution in [0.5, 0.6) is 0 Å². The fourth-order valence-corrected chi connectivity index (χ4v) is 4.45. The molecule has 0 spiro atoms. The Bertz CT molecular complexity index is 859. The molecule has 0 saturated heterocycles. The van der Waals surface area contributed by atoms with Crippen molar-refractivity contribution < 1.29 is 19.1 Å². The van der Waals surface area contributed by atoms with E-state index >= 15 is 0 Å². The summed E-state index contributed by atoms with van der Waals surface area (Å²) in [5.74, 6) is -1.21. The minimum absolute atomic E-state index is 0.177. The number of carbonyl (C=O) groups excluding carboxylic acids is 2. The van der Waals surface area contributed by atoms with Gasteiger partial charge in [0.2, 0.25) is 5.41 Å². The Morgan fingerprint density at radius 2 is 1.80 bits per heavy atom. The summed E-state index contributed by atoms with van der Waals surface area (Å²) in [6, 6.07) is 3.47. The molecule has 25 heavy (non-hydrogen) atoms. The molecule has 0 aliphatic carbocycles. The van der Waals surface area contributed by atoms with Gasteiger partial charge in [-0.25, -0.2) is 0 Å². The third kappa shape index (κ3) is 2.66. The first-order valence-corrected chi connectivity index (χ1v) is 9.45. The number of nitrogens with zero attached hydrogens (tertiary/aromatic N) is 1. The maximum atomic E-state index is 12.8. The topological polar surface area (TPSA) is 57.5 Å². The summed E-state index contributed by atoms with van der Waals surface area (Å²) in [7, 11) is 0. The van der Waals surface area contributed by atoms with E-state index in [0.29, 0.717) is 27.8 Å². The van der Waals surface area contributed by atoms with Gasteiger partial charge in [0, 0.05) is 22.1 Å². The summed E-state index contributed by atoms with van der Waals surface area (Å²) in [6.07, 6.45) is 0.260. The van der Waals surface area contributed by atoms with Crippen LogP contribution >= 0.6 is 39.1 Å². The molecule has 8 heteroatoms. The molecule has 0 amide bonds. The first-order valence-electron chi connectivity index (χ1n) is 7.90.